The molecule has 1 amide bonds. The molecular weight excluding hydrogens is 312 g/mol. The average Bonchev–Trinajstić information content (AvgIpc) is 2.35. The fraction of sp³-hybridized carbons (Fsp3) is 0.500. The molecule has 0 aliphatic rings. The number of rotatable bonds is 6. The Kier molecular flexibility index (Phi) is 6.04. The molecule has 1 N–H and O–H groups in total. The molecule has 0 saturated heterocycles. The molecule has 1 aromatic carbocycles. The van der Waals surface area contributed by atoms with Gasteiger partial charge in [-0.05, 0) is 25.0 Å². The van der Waals surface area contributed by atoms with Gasteiger partial charge in [-0.25, -0.2) is 8.42 Å². The Hall–Kier alpha value is -1.27. The van der Waals surface area contributed by atoms with E-state index in [2.05, 4.69) is 5.32 Å². The van der Waals surface area contributed by atoms with E-state index in [1.54, 1.807) is 24.3 Å². The first-order chi connectivity index (χ1) is 9.62. The smallest absolute Gasteiger partial charge is 0.240 e. The Balaban J connectivity index is 2.97. The van der Waals surface area contributed by atoms with E-state index in [0.29, 0.717) is 5.69 Å². The van der Waals surface area contributed by atoms with Crippen LogP contribution < -0.4 is 9.62 Å². The van der Waals surface area contributed by atoms with Crippen molar-refractivity contribution in [2.24, 2.45) is 5.92 Å². The van der Waals surface area contributed by atoms with Crippen molar-refractivity contribution in [1.29, 1.82) is 0 Å². The van der Waals surface area contributed by atoms with E-state index >= 15 is 0 Å². The summed E-state index contributed by atoms with van der Waals surface area (Å²) in [6, 6.07) is 6.50. The van der Waals surface area contributed by atoms with E-state index < -0.39 is 10.0 Å². The highest BCUT2D eigenvalue weighted by Gasteiger charge is 2.23. The number of sulfonamides is 1. The third-order valence-electron chi connectivity index (χ3n) is 3.20. The quantitative estimate of drug-likeness (QED) is 0.869. The van der Waals surface area contributed by atoms with E-state index in [9.17, 15) is 13.2 Å². The number of nitrogens with zero attached hydrogens (tertiary/aromatic N) is 1. The van der Waals surface area contributed by atoms with E-state index in [1.807, 2.05) is 20.8 Å². The molecule has 5 nitrogen and oxygen atoms in total. The Morgan fingerprint density at radius 3 is 2.33 bits per heavy atom. The van der Waals surface area contributed by atoms with Crippen LogP contribution in [-0.2, 0) is 14.8 Å². The zero-order chi connectivity index (χ0) is 16.2. The third-order valence-corrected chi connectivity index (χ3v) is 4.64. The number of para-hydroxylation sites is 1. The van der Waals surface area contributed by atoms with Crippen molar-refractivity contribution in [3.8, 4) is 0 Å². The summed E-state index contributed by atoms with van der Waals surface area (Å²) in [5, 5.41) is 3.07. The lowest BCUT2D eigenvalue weighted by Gasteiger charge is -2.24. The van der Waals surface area contributed by atoms with Crippen LogP contribution in [0.4, 0.5) is 5.69 Å². The zero-order valence-electron chi connectivity index (χ0n) is 12.6. The van der Waals surface area contributed by atoms with Gasteiger partial charge in [0.2, 0.25) is 15.9 Å². The number of hydrogen-bond donors (Lipinski definition) is 1. The van der Waals surface area contributed by atoms with Gasteiger partial charge in [0.05, 0.1) is 17.0 Å². The molecule has 0 unspecified atom stereocenters. The number of nitrogens with one attached hydrogen (secondary N) is 1. The SMILES string of the molecule is CC(C)[C@@H](C)NC(=O)CN(c1ccccc1Cl)S(C)(=O)=O. The molecule has 1 rings (SSSR count). The molecule has 118 valence electrons. The summed E-state index contributed by atoms with van der Waals surface area (Å²) in [7, 11) is -3.60. The van der Waals surface area contributed by atoms with E-state index in [-0.39, 0.29) is 29.4 Å². The first-order valence-corrected chi connectivity index (χ1v) is 8.87. The maximum absolute atomic E-state index is 12.0. The topological polar surface area (TPSA) is 66.5 Å². The first kappa shape index (κ1) is 17.8. The summed E-state index contributed by atoms with van der Waals surface area (Å²) >= 11 is 6.03. The number of amides is 1. The van der Waals surface area contributed by atoms with Gasteiger partial charge in [0, 0.05) is 6.04 Å². The van der Waals surface area contributed by atoms with E-state index in [0.717, 1.165) is 10.6 Å². The minimum atomic E-state index is -3.60. The monoisotopic (exact) mass is 332 g/mol. The van der Waals surface area contributed by atoms with Crippen LogP contribution in [-0.4, -0.2) is 33.2 Å². The molecule has 0 radical (unpaired) electrons. The summed E-state index contributed by atoms with van der Waals surface area (Å²) < 4.78 is 24.9. The molecule has 0 saturated carbocycles. The molecule has 0 aliphatic heterocycles. The van der Waals surface area contributed by atoms with Crippen LogP contribution in [0.5, 0.6) is 0 Å². The lowest BCUT2D eigenvalue weighted by atomic mass is 10.1. The maximum atomic E-state index is 12.0. The molecule has 0 aromatic heterocycles. The van der Waals surface area contributed by atoms with Crippen LogP contribution in [0.3, 0.4) is 0 Å². The van der Waals surface area contributed by atoms with Crippen LogP contribution in [0, 0.1) is 5.92 Å². The van der Waals surface area contributed by atoms with Gasteiger partial charge in [0.25, 0.3) is 0 Å². The van der Waals surface area contributed by atoms with Crippen molar-refractivity contribution < 1.29 is 13.2 Å². The molecular formula is C14H21ClN2O3S. The lowest BCUT2D eigenvalue weighted by Crippen LogP contribution is -2.44. The first-order valence-electron chi connectivity index (χ1n) is 6.64. The van der Waals surface area contributed by atoms with Crippen molar-refractivity contribution >= 4 is 33.2 Å². The highest BCUT2D eigenvalue weighted by molar-refractivity contribution is 7.92. The molecule has 0 heterocycles. The summed E-state index contributed by atoms with van der Waals surface area (Å²) in [6.45, 7) is 5.54. The van der Waals surface area contributed by atoms with Crippen LogP contribution in [0.15, 0.2) is 24.3 Å². The van der Waals surface area contributed by atoms with Gasteiger partial charge in [-0.15, -0.1) is 0 Å². The van der Waals surface area contributed by atoms with E-state index in [4.69, 9.17) is 11.6 Å². The molecule has 7 heteroatoms. The van der Waals surface area contributed by atoms with Crippen molar-refractivity contribution in [3.63, 3.8) is 0 Å². The molecule has 1 atom stereocenters. The van der Waals surface area contributed by atoms with Gasteiger partial charge in [-0.2, -0.15) is 0 Å². The second-order valence-electron chi connectivity index (χ2n) is 5.32. The number of carbonyl (C=O) groups excluding carboxylic acids is 1. The zero-order valence-corrected chi connectivity index (χ0v) is 14.2. The molecule has 0 aliphatic carbocycles. The Morgan fingerprint density at radius 1 is 1.29 bits per heavy atom. The Labute approximate surface area is 131 Å². The third kappa shape index (κ3) is 5.21. The van der Waals surface area contributed by atoms with Gasteiger partial charge in [-0.3, -0.25) is 9.10 Å². The number of anilines is 1. The Morgan fingerprint density at radius 2 is 1.86 bits per heavy atom. The van der Waals surface area contributed by atoms with Crippen LogP contribution in [0.25, 0.3) is 0 Å². The number of halogens is 1. The number of benzene rings is 1. The lowest BCUT2D eigenvalue weighted by molar-refractivity contribution is -0.120. The second kappa shape index (κ2) is 7.13. The summed E-state index contributed by atoms with van der Waals surface area (Å²) in [5.41, 5.74) is 0.300. The largest absolute Gasteiger partial charge is 0.352 e. The highest BCUT2D eigenvalue weighted by Crippen LogP contribution is 2.26. The fourth-order valence-electron chi connectivity index (χ4n) is 1.63. The molecule has 21 heavy (non-hydrogen) atoms. The second-order valence-corrected chi connectivity index (χ2v) is 7.64. The van der Waals surface area contributed by atoms with Gasteiger partial charge < -0.3 is 5.32 Å². The van der Waals surface area contributed by atoms with Gasteiger partial charge >= 0.3 is 0 Å². The van der Waals surface area contributed by atoms with Gasteiger partial charge in [0.15, 0.2) is 0 Å². The fourth-order valence-corrected chi connectivity index (χ4v) is 2.79. The molecule has 0 bridgehead atoms. The number of carbonyl (C=O) groups is 1. The predicted octanol–water partition coefficient (Wildman–Crippen LogP) is 2.27. The van der Waals surface area contributed by atoms with Gasteiger partial charge in [-0.1, -0.05) is 37.6 Å². The predicted molar refractivity (Wildman–Crippen MR) is 86.1 cm³/mol. The van der Waals surface area contributed by atoms with Gasteiger partial charge in [0.1, 0.15) is 6.54 Å². The minimum Gasteiger partial charge on any atom is -0.352 e. The standard InChI is InChI=1S/C14H21ClN2O3S/c1-10(2)11(3)16-14(18)9-17(21(4,19)20)13-8-6-5-7-12(13)15/h5-8,10-11H,9H2,1-4H3,(H,16,18)/t11-/m1/s1. The average molecular weight is 333 g/mol. The summed E-state index contributed by atoms with van der Waals surface area (Å²) in [4.78, 5) is 12.0. The van der Waals surface area contributed by atoms with Crippen LogP contribution in [0.1, 0.15) is 20.8 Å². The summed E-state index contributed by atoms with van der Waals surface area (Å²) in [6.07, 6.45) is 1.05. The van der Waals surface area contributed by atoms with Crippen molar-refractivity contribution in [2.75, 3.05) is 17.1 Å². The van der Waals surface area contributed by atoms with Crippen molar-refractivity contribution in [1.82, 2.24) is 5.32 Å². The van der Waals surface area contributed by atoms with Crippen LogP contribution in [0.2, 0.25) is 5.02 Å². The minimum absolute atomic E-state index is 0.0369. The molecule has 0 fully saturated rings. The van der Waals surface area contributed by atoms with Crippen LogP contribution >= 0.6 is 11.6 Å². The summed E-state index contributed by atoms with van der Waals surface area (Å²) in [5.74, 6) is -0.0949. The molecule has 0 spiro atoms. The Bertz CT molecular complexity index is 602. The normalized spacial score (nSPS) is 13.0. The van der Waals surface area contributed by atoms with Crippen molar-refractivity contribution in [3.05, 3.63) is 29.3 Å². The van der Waals surface area contributed by atoms with Crippen molar-refractivity contribution in [2.45, 2.75) is 26.8 Å². The highest BCUT2D eigenvalue weighted by atomic mass is 35.5. The number of hydrogen-bond acceptors (Lipinski definition) is 3. The maximum Gasteiger partial charge on any atom is 0.240 e. The van der Waals surface area contributed by atoms with E-state index in [1.165, 1.54) is 0 Å². The molecule has 1 aromatic rings.